The largest absolute Gasteiger partial charge is 0.480 e. The lowest BCUT2D eigenvalue weighted by molar-refractivity contribution is -0.141. The van der Waals surface area contributed by atoms with Gasteiger partial charge in [0.15, 0.2) is 0 Å². The van der Waals surface area contributed by atoms with Crippen LogP contribution in [0.1, 0.15) is 12.0 Å². The van der Waals surface area contributed by atoms with E-state index in [1.807, 2.05) is 30.3 Å². The average molecular weight is 233 g/mol. The molecule has 0 aliphatic heterocycles. The second-order valence-corrected chi connectivity index (χ2v) is 3.63. The summed E-state index contributed by atoms with van der Waals surface area (Å²) in [6, 6.07) is 8.67. The standard InChI is InChI=1S/C13H15NO3/c1-2-12(15)14-11(13(16)17)9-8-10-6-4-3-5-7-10/h2-7,11H,1,8-9H2,(H,14,15)(H,16,17). The van der Waals surface area contributed by atoms with Gasteiger partial charge in [-0.3, -0.25) is 4.79 Å². The molecule has 0 aliphatic rings. The Bertz CT molecular complexity index is 400. The van der Waals surface area contributed by atoms with Gasteiger partial charge in [-0.15, -0.1) is 0 Å². The van der Waals surface area contributed by atoms with Crippen molar-refractivity contribution in [3.05, 3.63) is 48.6 Å². The van der Waals surface area contributed by atoms with Gasteiger partial charge in [-0.05, 0) is 24.5 Å². The van der Waals surface area contributed by atoms with E-state index in [1.54, 1.807) is 0 Å². The Hall–Kier alpha value is -2.10. The molecule has 0 aromatic heterocycles. The van der Waals surface area contributed by atoms with Gasteiger partial charge in [0, 0.05) is 0 Å². The van der Waals surface area contributed by atoms with Crippen molar-refractivity contribution >= 4 is 11.9 Å². The first-order valence-corrected chi connectivity index (χ1v) is 5.33. The van der Waals surface area contributed by atoms with Gasteiger partial charge in [-0.2, -0.15) is 0 Å². The van der Waals surface area contributed by atoms with Crippen molar-refractivity contribution in [3.8, 4) is 0 Å². The van der Waals surface area contributed by atoms with Crippen molar-refractivity contribution in [1.82, 2.24) is 5.32 Å². The van der Waals surface area contributed by atoms with E-state index in [1.165, 1.54) is 0 Å². The number of amides is 1. The van der Waals surface area contributed by atoms with Gasteiger partial charge in [-0.1, -0.05) is 36.9 Å². The summed E-state index contributed by atoms with van der Waals surface area (Å²) in [5, 5.41) is 11.3. The number of rotatable bonds is 6. The second-order valence-electron chi connectivity index (χ2n) is 3.63. The van der Waals surface area contributed by atoms with Crippen molar-refractivity contribution in [3.63, 3.8) is 0 Å². The van der Waals surface area contributed by atoms with Crippen LogP contribution in [0.2, 0.25) is 0 Å². The molecule has 0 fully saturated rings. The minimum absolute atomic E-state index is 0.360. The summed E-state index contributed by atoms with van der Waals surface area (Å²) in [5.74, 6) is -1.50. The number of aryl methyl sites for hydroxylation is 1. The fourth-order valence-electron chi connectivity index (χ4n) is 1.44. The number of carboxylic acids is 1. The summed E-state index contributed by atoms with van der Waals surface area (Å²) in [5.41, 5.74) is 1.05. The van der Waals surface area contributed by atoms with E-state index < -0.39 is 17.9 Å². The summed E-state index contributed by atoms with van der Waals surface area (Å²) in [6.07, 6.45) is 2.03. The quantitative estimate of drug-likeness (QED) is 0.729. The topological polar surface area (TPSA) is 66.4 Å². The minimum atomic E-state index is -1.03. The number of carboxylic acid groups (broad SMARTS) is 1. The van der Waals surface area contributed by atoms with Gasteiger partial charge in [-0.25, -0.2) is 4.79 Å². The van der Waals surface area contributed by atoms with Crippen molar-refractivity contribution in [2.45, 2.75) is 18.9 Å². The van der Waals surface area contributed by atoms with Crippen LogP contribution < -0.4 is 5.32 Å². The molecule has 1 rings (SSSR count). The summed E-state index contributed by atoms with van der Waals surface area (Å²) in [7, 11) is 0. The van der Waals surface area contributed by atoms with E-state index in [0.717, 1.165) is 11.6 Å². The summed E-state index contributed by atoms with van der Waals surface area (Å²) < 4.78 is 0. The Morgan fingerprint density at radius 1 is 1.35 bits per heavy atom. The molecule has 1 atom stereocenters. The molecule has 0 heterocycles. The van der Waals surface area contributed by atoms with E-state index in [2.05, 4.69) is 11.9 Å². The maximum Gasteiger partial charge on any atom is 0.326 e. The van der Waals surface area contributed by atoms with Crippen LogP contribution in [0, 0.1) is 0 Å². The molecule has 0 aliphatic carbocycles. The van der Waals surface area contributed by atoms with E-state index in [0.29, 0.717) is 12.8 Å². The molecule has 0 spiro atoms. The lowest BCUT2D eigenvalue weighted by atomic mass is 10.1. The Balaban J connectivity index is 2.53. The molecule has 4 heteroatoms. The van der Waals surface area contributed by atoms with Crippen LogP contribution in [0.3, 0.4) is 0 Å². The van der Waals surface area contributed by atoms with Crippen LogP contribution in [-0.4, -0.2) is 23.0 Å². The summed E-state index contributed by atoms with van der Waals surface area (Å²) in [4.78, 5) is 22.0. The molecular weight excluding hydrogens is 218 g/mol. The van der Waals surface area contributed by atoms with Gasteiger partial charge >= 0.3 is 5.97 Å². The van der Waals surface area contributed by atoms with Crippen LogP contribution in [0.5, 0.6) is 0 Å². The Labute approximate surface area is 100.0 Å². The third-order valence-electron chi connectivity index (χ3n) is 2.36. The van der Waals surface area contributed by atoms with Gasteiger partial charge in [0.05, 0.1) is 0 Å². The Morgan fingerprint density at radius 3 is 2.53 bits per heavy atom. The van der Waals surface area contributed by atoms with Crippen LogP contribution in [0.25, 0.3) is 0 Å². The number of nitrogens with one attached hydrogen (secondary N) is 1. The molecule has 1 aromatic rings. The number of aliphatic carboxylic acids is 1. The molecule has 4 nitrogen and oxygen atoms in total. The second kappa shape index (κ2) is 6.48. The summed E-state index contributed by atoms with van der Waals surface area (Å²) >= 11 is 0. The molecule has 1 amide bonds. The van der Waals surface area contributed by atoms with Crippen molar-refractivity contribution < 1.29 is 14.7 Å². The molecule has 2 N–H and O–H groups in total. The maximum absolute atomic E-state index is 11.0. The van der Waals surface area contributed by atoms with E-state index in [-0.39, 0.29) is 0 Å². The SMILES string of the molecule is C=CC(=O)NC(CCc1ccccc1)C(=O)O. The van der Waals surface area contributed by atoms with Gasteiger partial charge in [0.1, 0.15) is 6.04 Å². The maximum atomic E-state index is 11.0. The van der Waals surface area contributed by atoms with Gasteiger partial charge < -0.3 is 10.4 Å². The molecule has 0 radical (unpaired) electrons. The lowest BCUT2D eigenvalue weighted by Gasteiger charge is -2.12. The highest BCUT2D eigenvalue weighted by molar-refractivity contribution is 5.90. The predicted octanol–water partition coefficient (Wildman–Crippen LogP) is 1.37. The van der Waals surface area contributed by atoms with E-state index in [4.69, 9.17) is 5.11 Å². The monoisotopic (exact) mass is 233 g/mol. The number of hydrogen-bond acceptors (Lipinski definition) is 2. The summed E-state index contributed by atoms with van der Waals surface area (Å²) in [6.45, 7) is 3.29. The highest BCUT2D eigenvalue weighted by atomic mass is 16.4. The van der Waals surface area contributed by atoms with Crippen LogP contribution in [0.4, 0.5) is 0 Å². The lowest BCUT2D eigenvalue weighted by Crippen LogP contribution is -2.40. The number of hydrogen-bond donors (Lipinski definition) is 2. The zero-order valence-corrected chi connectivity index (χ0v) is 9.43. The highest BCUT2D eigenvalue weighted by Crippen LogP contribution is 2.05. The van der Waals surface area contributed by atoms with Gasteiger partial charge in [0.2, 0.25) is 5.91 Å². The number of carbonyl (C=O) groups is 2. The fourth-order valence-corrected chi connectivity index (χ4v) is 1.44. The zero-order valence-electron chi connectivity index (χ0n) is 9.43. The van der Waals surface area contributed by atoms with E-state index >= 15 is 0 Å². The van der Waals surface area contributed by atoms with Gasteiger partial charge in [0.25, 0.3) is 0 Å². The predicted molar refractivity (Wildman–Crippen MR) is 64.5 cm³/mol. The van der Waals surface area contributed by atoms with Crippen LogP contribution >= 0.6 is 0 Å². The Kier molecular flexibility index (Phi) is 4.94. The van der Waals surface area contributed by atoms with Crippen molar-refractivity contribution in [2.75, 3.05) is 0 Å². The van der Waals surface area contributed by atoms with Crippen LogP contribution in [0.15, 0.2) is 43.0 Å². The zero-order chi connectivity index (χ0) is 12.7. The van der Waals surface area contributed by atoms with Crippen molar-refractivity contribution in [2.24, 2.45) is 0 Å². The molecule has 0 saturated heterocycles. The third-order valence-corrected chi connectivity index (χ3v) is 2.36. The molecule has 0 saturated carbocycles. The minimum Gasteiger partial charge on any atom is -0.480 e. The third kappa shape index (κ3) is 4.51. The molecule has 17 heavy (non-hydrogen) atoms. The average Bonchev–Trinajstić information content (AvgIpc) is 2.35. The molecule has 90 valence electrons. The number of carbonyl (C=O) groups excluding carboxylic acids is 1. The first-order chi connectivity index (χ1) is 8.13. The fraction of sp³-hybridized carbons (Fsp3) is 0.231. The first-order valence-electron chi connectivity index (χ1n) is 5.33. The normalized spacial score (nSPS) is 11.5. The Morgan fingerprint density at radius 2 is 2.00 bits per heavy atom. The number of benzene rings is 1. The first kappa shape index (κ1) is 13.0. The highest BCUT2D eigenvalue weighted by Gasteiger charge is 2.18. The molecule has 1 aromatic carbocycles. The van der Waals surface area contributed by atoms with Crippen LogP contribution in [-0.2, 0) is 16.0 Å². The molecular formula is C13H15NO3. The molecule has 1 unspecified atom stereocenters. The smallest absolute Gasteiger partial charge is 0.326 e. The van der Waals surface area contributed by atoms with Crippen molar-refractivity contribution in [1.29, 1.82) is 0 Å². The van der Waals surface area contributed by atoms with E-state index in [9.17, 15) is 9.59 Å². The molecule has 0 bridgehead atoms.